The Morgan fingerprint density at radius 1 is 1.19 bits per heavy atom. The highest BCUT2D eigenvalue weighted by Crippen LogP contribution is 2.26. The Morgan fingerprint density at radius 3 is 2.78 bits per heavy atom. The predicted octanol–water partition coefficient (Wildman–Crippen LogP) is 5.21. The number of aryl methyl sites for hydroxylation is 1. The number of halogens is 1. The van der Waals surface area contributed by atoms with Crippen molar-refractivity contribution in [3.63, 3.8) is 0 Å². The van der Waals surface area contributed by atoms with Crippen LogP contribution in [0.4, 0.5) is 5.69 Å². The molecule has 0 bridgehead atoms. The standard InChI is InChI=1S/C20H15ClN4OS/c1-13-7-8-17(16(21)9-13)23-19(26)18-12-27-20(24-18)14-10-22-25(11-14)15-5-3-2-4-6-15/h2-12H,1H3,(H,23,26). The van der Waals surface area contributed by atoms with Gasteiger partial charge in [0.15, 0.2) is 0 Å². The Labute approximate surface area is 165 Å². The van der Waals surface area contributed by atoms with Crippen molar-refractivity contribution in [2.24, 2.45) is 0 Å². The van der Waals surface area contributed by atoms with Gasteiger partial charge in [-0.3, -0.25) is 4.79 Å². The van der Waals surface area contributed by atoms with Gasteiger partial charge in [0.05, 0.1) is 22.6 Å². The lowest BCUT2D eigenvalue weighted by Crippen LogP contribution is -2.12. The molecular weight excluding hydrogens is 380 g/mol. The summed E-state index contributed by atoms with van der Waals surface area (Å²) < 4.78 is 1.78. The molecule has 4 rings (SSSR count). The minimum Gasteiger partial charge on any atom is -0.319 e. The molecule has 4 aromatic rings. The van der Waals surface area contributed by atoms with Crippen LogP contribution in [-0.4, -0.2) is 20.7 Å². The fourth-order valence-corrected chi connectivity index (χ4v) is 3.63. The molecule has 5 nitrogen and oxygen atoms in total. The monoisotopic (exact) mass is 394 g/mol. The molecule has 0 aliphatic heterocycles. The summed E-state index contributed by atoms with van der Waals surface area (Å²) >= 11 is 7.58. The van der Waals surface area contributed by atoms with E-state index in [0.29, 0.717) is 16.4 Å². The van der Waals surface area contributed by atoms with Crippen LogP contribution in [0.5, 0.6) is 0 Å². The summed E-state index contributed by atoms with van der Waals surface area (Å²) in [7, 11) is 0. The SMILES string of the molecule is Cc1ccc(NC(=O)c2csc(-c3cnn(-c4ccccc4)c3)n2)c(Cl)c1. The summed E-state index contributed by atoms with van der Waals surface area (Å²) in [6.07, 6.45) is 3.64. The van der Waals surface area contributed by atoms with Gasteiger partial charge in [0, 0.05) is 17.1 Å². The second kappa shape index (κ2) is 7.34. The van der Waals surface area contributed by atoms with Gasteiger partial charge in [0.2, 0.25) is 0 Å². The lowest BCUT2D eigenvalue weighted by atomic mass is 10.2. The molecule has 2 heterocycles. The number of aromatic nitrogens is 3. The lowest BCUT2D eigenvalue weighted by molar-refractivity contribution is 0.102. The molecule has 0 unspecified atom stereocenters. The molecule has 2 aromatic carbocycles. The molecule has 0 spiro atoms. The molecule has 0 saturated heterocycles. The topological polar surface area (TPSA) is 59.8 Å². The van der Waals surface area contributed by atoms with Gasteiger partial charge in [-0.15, -0.1) is 11.3 Å². The first-order valence-electron chi connectivity index (χ1n) is 8.23. The van der Waals surface area contributed by atoms with E-state index in [9.17, 15) is 4.79 Å². The van der Waals surface area contributed by atoms with Gasteiger partial charge in [-0.05, 0) is 36.8 Å². The van der Waals surface area contributed by atoms with Crippen molar-refractivity contribution in [1.29, 1.82) is 0 Å². The number of carbonyl (C=O) groups is 1. The fourth-order valence-electron chi connectivity index (χ4n) is 2.57. The summed E-state index contributed by atoms with van der Waals surface area (Å²) in [5, 5.41) is 10.1. The zero-order chi connectivity index (χ0) is 18.8. The summed E-state index contributed by atoms with van der Waals surface area (Å²) in [6, 6.07) is 15.3. The van der Waals surface area contributed by atoms with E-state index in [1.165, 1.54) is 11.3 Å². The van der Waals surface area contributed by atoms with Gasteiger partial charge in [0.25, 0.3) is 5.91 Å². The van der Waals surface area contributed by atoms with Crippen molar-refractivity contribution in [3.8, 4) is 16.3 Å². The van der Waals surface area contributed by atoms with Crippen LogP contribution in [0, 0.1) is 6.92 Å². The molecule has 7 heteroatoms. The molecule has 27 heavy (non-hydrogen) atoms. The van der Waals surface area contributed by atoms with Crippen molar-refractivity contribution in [2.45, 2.75) is 6.92 Å². The Kier molecular flexibility index (Phi) is 4.75. The number of hydrogen-bond acceptors (Lipinski definition) is 4. The third-order valence-electron chi connectivity index (χ3n) is 3.96. The molecule has 0 radical (unpaired) electrons. The second-order valence-electron chi connectivity index (χ2n) is 5.98. The van der Waals surface area contributed by atoms with Crippen LogP contribution in [-0.2, 0) is 0 Å². The first-order valence-corrected chi connectivity index (χ1v) is 9.49. The number of carbonyl (C=O) groups excluding carboxylic acids is 1. The molecule has 2 aromatic heterocycles. The highest BCUT2D eigenvalue weighted by molar-refractivity contribution is 7.13. The van der Waals surface area contributed by atoms with Crippen molar-refractivity contribution in [1.82, 2.24) is 14.8 Å². The summed E-state index contributed by atoms with van der Waals surface area (Å²) in [5.41, 5.74) is 3.77. The average molecular weight is 395 g/mol. The van der Waals surface area contributed by atoms with Gasteiger partial charge in [-0.1, -0.05) is 35.9 Å². The Bertz CT molecular complexity index is 1100. The maximum Gasteiger partial charge on any atom is 0.275 e. The first kappa shape index (κ1) is 17.5. The van der Waals surface area contributed by atoms with Crippen molar-refractivity contribution in [2.75, 3.05) is 5.32 Å². The normalized spacial score (nSPS) is 10.7. The quantitative estimate of drug-likeness (QED) is 0.516. The molecule has 1 N–H and O–H groups in total. The number of nitrogens with zero attached hydrogens (tertiary/aromatic N) is 3. The van der Waals surface area contributed by atoms with E-state index in [0.717, 1.165) is 21.8 Å². The number of para-hydroxylation sites is 1. The Morgan fingerprint density at radius 2 is 2.00 bits per heavy atom. The number of hydrogen-bond donors (Lipinski definition) is 1. The minimum atomic E-state index is -0.293. The number of anilines is 1. The molecule has 0 aliphatic rings. The van der Waals surface area contributed by atoms with Crippen molar-refractivity contribution < 1.29 is 4.79 Å². The largest absolute Gasteiger partial charge is 0.319 e. The average Bonchev–Trinajstić information content (AvgIpc) is 3.34. The summed E-state index contributed by atoms with van der Waals surface area (Å²) in [4.78, 5) is 16.9. The van der Waals surface area contributed by atoms with Gasteiger partial charge in [0.1, 0.15) is 10.7 Å². The second-order valence-corrected chi connectivity index (χ2v) is 7.25. The van der Waals surface area contributed by atoms with Crippen LogP contribution in [0.25, 0.3) is 16.3 Å². The van der Waals surface area contributed by atoms with Crippen LogP contribution in [0.3, 0.4) is 0 Å². The van der Waals surface area contributed by atoms with E-state index in [4.69, 9.17) is 11.6 Å². The van der Waals surface area contributed by atoms with E-state index in [1.807, 2.05) is 55.6 Å². The van der Waals surface area contributed by atoms with Crippen LogP contribution < -0.4 is 5.32 Å². The van der Waals surface area contributed by atoms with Gasteiger partial charge in [-0.2, -0.15) is 5.10 Å². The minimum absolute atomic E-state index is 0.293. The number of amides is 1. The predicted molar refractivity (Wildman–Crippen MR) is 109 cm³/mol. The molecule has 0 saturated carbocycles. The third-order valence-corrected chi connectivity index (χ3v) is 5.16. The first-order chi connectivity index (χ1) is 13.1. The van der Waals surface area contributed by atoms with E-state index in [-0.39, 0.29) is 5.91 Å². The number of rotatable bonds is 4. The maximum absolute atomic E-state index is 12.5. The molecule has 0 aliphatic carbocycles. The van der Waals surface area contributed by atoms with E-state index >= 15 is 0 Å². The maximum atomic E-state index is 12.5. The third kappa shape index (κ3) is 3.77. The van der Waals surface area contributed by atoms with Crippen LogP contribution >= 0.6 is 22.9 Å². The molecule has 1 amide bonds. The van der Waals surface area contributed by atoms with Gasteiger partial charge in [-0.25, -0.2) is 9.67 Å². The zero-order valence-electron chi connectivity index (χ0n) is 14.4. The Hall–Kier alpha value is -2.96. The lowest BCUT2D eigenvalue weighted by Gasteiger charge is -2.06. The number of benzene rings is 2. The van der Waals surface area contributed by atoms with Crippen molar-refractivity contribution >= 4 is 34.5 Å². The highest BCUT2D eigenvalue weighted by atomic mass is 35.5. The molecule has 134 valence electrons. The zero-order valence-corrected chi connectivity index (χ0v) is 16.0. The molecule has 0 fully saturated rings. The fraction of sp³-hybridized carbons (Fsp3) is 0.0500. The van der Waals surface area contributed by atoms with E-state index < -0.39 is 0 Å². The highest BCUT2D eigenvalue weighted by Gasteiger charge is 2.14. The number of nitrogens with one attached hydrogen (secondary N) is 1. The van der Waals surface area contributed by atoms with Crippen LogP contribution in [0.15, 0.2) is 66.3 Å². The number of thiazole rings is 1. The van der Waals surface area contributed by atoms with Crippen LogP contribution in [0.1, 0.15) is 16.1 Å². The van der Waals surface area contributed by atoms with Gasteiger partial charge >= 0.3 is 0 Å². The molecular formula is C20H15ClN4OS. The molecule has 0 atom stereocenters. The van der Waals surface area contributed by atoms with Crippen LogP contribution in [0.2, 0.25) is 5.02 Å². The summed E-state index contributed by atoms with van der Waals surface area (Å²) in [6.45, 7) is 1.94. The van der Waals surface area contributed by atoms with E-state index in [1.54, 1.807) is 22.3 Å². The smallest absolute Gasteiger partial charge is 0.275 e. The Balaban J connectivity index is 1.53. The van der Waals surface area contributed by atoms with Crippen molar-refractivity contribution in [3.05, 3.63) is 82.6 Å². The van der Waals surface area contributed by atoms with E-state index in [2.05, 4.69) is 15.4 Å². The van der Waals surface area contributed by atoms with Gasteiger partial charge < -0.3 is 5.32 Å². The summed E-state index contributed by atoms with van der Waals surface area (Å²) in [5.74, 6) is -0.293.